The zero-order valence-electron chi connectivity index (χ0n) is 10.3. The number of nitrogens with zero attached hydrogens (tertiary/aromatic N) is 2. The summed E-state index contributed by atoms with van der Waals surface area (Å²) in [6.45, 7) is 3.54. The maximum atomic E-state index is 4.87. The van der Waals surface area contributed by atoms with E-state index in [2.05, 4.69) is 17.7 Å². The summed E-state index contributed by atoms with van der Waals surface area (Å²) < 4.78 is 2.41. The molecule has 0 amide bonds. The van der Waals surface area contributed by atoms with Crippen LogP contribution in [-0.4, -0.2) is 9.55 Å². The van der Waals surface area contributed by atoms with Crippen LogP contribution in [-0.2, 0) is 13.0 Å². The molecule has 0 bridgehead atoms. The molecule has 88 valence electrons. The van der Waals surface area contributed by atoms with Crippen LogP contribution in [0.25, 0.3) is 0 Å². The lowest BCUT2D eigenvalue weighted by Crippen LogP contribution is -2.17. The summed E-state index contributed by atoms with van der Waals surface area (Å²) in [5.41, 5.74) is 1.39. The van der Waals surface area contributed by atoms with E-state index in [4.69, 9.17) is 4.98 Å². The summed E-state index contributed by atoms with van der Waals surface area (Å²) >= 11 is 0. The van der Waals surface area contributed by atoms with Crippen molar-refractivity contribution in [3.63, 3.8) is 0 Å². The quantitative estimate of drug-likeness (QED) is 0.705. The molecular formula is C14H22N2. The van der Waals surface area contributed by atoms with Gasteiger partial charge in [0.1, 0.15) is 5.82 Å². The van der Waals surface area contributed by atoms with Gasteiger partial charge < -0.3 is 4.57 Å². The number of fused-ring (bicyclic) bond motifs is 1. The first kappa shape index (κ1) is 10.4. The normalized spacial score (nSPS) is 26.7. The number of imidazole rings is 1. The Hall–Kier alpha value is -0.790. The molecule has 1 aromatic heterocycles. The van der Waals surface area contributed by atoms with E-state index < -0.39 is 0 Å². The van der Waals surface area contributed by atoms with Crippen molar-refractivity contribution in [1.29, 1.82) is 0 Å². The molecule has 1 saturated carbocycles. The second-order valence-electron chi connectivity index (χ2n) is 5.71. The van der Waals surface area contributed by atoms with E-state index in [0.717, 1.165) is 11.8 Å². The van der Waals surface area contributed by atoms with Gasteiger partial charge in [-0.05, 0) is 25.2 Å². The van der Waals surface area contributed by atoms with E-state index in [0.29, 0.717) is 0 Å². The number of aryl methyl sites for hydroxylation is 1. The first-order chi connectivity index (χ1) is 7.83. The summed E-state index contributed by atoms with van der Waals surface area (Å²) in [6.07, 6.45) is 11.8. The highest BCUT2D eigenvalue weighted by molar-refractivity contribution is 5.12. The van der Waals surface area contributed by atoms with Gasteiger partial charge in [-0.25, -0.2) is 4.98 Å². The Labute approximate surface area is 98.1 Å². The summed E-state index contributed by atoms with van der Waals surface area (Å²) in [4.78, 5) is 4.87. The third-order valence-electron chi connectivity index (χ3n) is 4.27. The summed E-state index contributed by atoms with van der Waals surface area (Å²) in [5, 5.41) is 0. The Balaban J connectivity index is 1.80. The van der Waals surface area contributed by atoms with E-state index in [1.165, 1.54) is 63.0 Å². The van der Waals surface area contributed by atoms with Gasteiger partial charge in [0.25, 0.3) is 0 Å². The van der Waals surface area contributed by atoms with Gasteiger partial charge >= 0.3 is 0 Å². The van der Waals surface area contributed by atoms with Crippen molar-refractivity contribution >= 4 is 0 Å². The van der Waals surface area contributed by atoms with Crippen LogP contribution in [0.2, 0.25) is 0 Å². The second-order valence-corrected chi connectivity index (χ2v) is 5.71. The van der Waals surface area contributed by atoms with Gasteiger partial charge in [0.05, 0.1) is 5.69 Å². The van der Waals surface area contributed by atoms with Gasteiger partial charge in [0, 0.05) is 25.1 Å². The summed E-state index contributed by atoms with van der Waals surface area (Å²) in [6, 6.07) is 0. The van der Waals surface area contributed by atoms with Crippen LogP contribution in [0.15, 0.2) is 6.20 Å². The van der Waals surface area contributed by atoms with Crippen molar-refractivity contribution in [2.24, 2.45) is 5.92 Å². The molecule has 3 rings (SSSR count). The molecular weight excluding hydrogens is 196 g/mol. The van der Waals surface area contributed by atoms with Crippen molar-refractivity contribution in [3.8, 4) is 0 Å². The van der Waals surface area contributed by atoms with Crippen LogP contribution in [0.3, 0.4) is 0 Å². The smallest absolute Gasteiger partial charge is 0.108 e. The Morgan fingerprint density at radius 3 is 2.81 bits per heavy atom. The highest BCUT2D eigenvalue weighted by atomic mass is 15.1. The lowest BCUT2D eigenvalue weighted by atomic mass is 9.87. The predicted molar refractivity (Wildman–Crippen MR) is 65.5 cm³/mol. The maximum absolute atomic E-state index is 4.87. The molecule has 2 nitrogen and oxygen atoms in total. The molecule has 0 saturated heterocycles. The van der Waals surface area contributed by atoms with Crippen LogP contribution in [0.1, 0.15) is 62.9 Å². The average molecular weight is 218 g/mol. The highest BCUT2D eigenvalue weighted by Gasteiger charge is 2.22. The summed E-state index contributed by atoms with van der Waals surface area (Å²) in [7, 11) is 0. The van der Waals surface area contributed by atoms with Gasteiger partial charge in [-0.2, -0.15) is 0 Å². The van der Waals surface area contributed by atoms with E-state index >= 15 is 0 Å². The molecule has 1 atom stereocenters. The molecule has 2 heterocycles. The Bertz CT molecular complexity index is 361. The molecule has 1 fully saturated rings. The van der Waals surface area contributed by atoms with E-state index in [-0.39, 0.29) is 0 Å². The van der Waals surface area contributed by atoms with Crippen molar-refractivity contribution in [2.45, 2.75) is 64.3 Å². The summed E-state index contributed by atoms with van der Waals surface area (Å²) in [5.74, 6) is 2.95. The topological polar surface area (TPSA) is 17.8 Å². The number of rotatable bonds is 1. The van der Waals surface area contributed by atoms with Crippen molar-refractivity contribution < 1.29 is 0 Å². The zero-order chi connectivity index (χ0) is 11.0. The molecule has 0 aromatic carbocycles. The predicted octanol–water partition coefficient (Wildman–Crippen LogP) is 3.51. The van der Waals surface area contributed by atoms with Crippen LogP contribution in [0, 0.1) is 5.92 Å². The fourth-order valence-corrected chi connectivity index (χ4v) is 3.23. The van der Waals surface area contributed by atoms with Gasteiger partial charge in [-0.1, -0.05) is 26.2 Å². The van der Waals surface area contributed by atoms with E-state index in [1.807, 2.05) is 0 Å². The molecule has 0 radical (unpaired) electrons. The molecule has 1 aliphatic heterocycles. The first-order valence-corrected chi connectivity index (χ1v) is 6.89. The Kier molecular flexibility index (Phi) is 2.74. The fourth-order valence-electron chi connectivity index (χ4n) is 3.23. The molecule has 1 aliphatic carbocycles. The lowest BCUT2D eigenvalue weighted by molar-refractivity contribution is 0.394. The molecule has 2 aliphatic rings. The average Bonchev–Trinajstić information content (AvgIpc) is 2.73. The molecule has 0 N–H and O–H groups in total. The largest absolute Gasteiger partial charge is 0.334 e. The molecule has 1 unspecified atom stereocenters. The van der Waals surface area contributed by atoms with E-state index in [1.54, 1.807) is 0 Å². The minimum Gasteiger partial charge on any atom is -0.334 e. The van der Waals surface area contributed by atoms with Gasteiger partial charge in [-0.15, -0.1) is 0 Å². The van der Waals surface area contributed by atoms with Crippen LogP contribution in [0.5, 0.6) is 0 Å². The Morgan fingerprint density at radius 2 is 2.00 bits per heavy atom. The minimum absolute atomic E-state index is 0.766. The zero-order valence-corrected chi connectivity index (χ0v) is 10.3. The molecule has 1 aromatic rings. The standard InChI is InChI=1S/C14H22N2/c1-11-7-8-14-15-13(10-16(14)9-11)12-5-3-2-4-6-12/h10-12H,2-9H2,1H3. The fraction of sp³-hybridized carbons (Fsp3) is 0.786. The molecule has 0 spiro atoms. The van der Waals surface area contributed by atoms with Gasteiger partial charge in [-0.3, -0.25) is 0 Å². The second kappa shape index (κ2) is 4.23. The highest BCUT2D eigenvalue weighted by Crippen LogP contribution is 2.33. The third kappa shape index (κ3) is 1.90. The molecule has 2 heteroatoms. The van der Waals surface area contributed by atoms with Crippen LogP contribution in [0.4, 0.5) is 0 Å². The number of hydrogen-bond donors (Lipinski definition) is 0. The lowest BCUT2D eigenvalue weighted by Gasteiger charge is -2.19. The number of aromatic nitrogens is 2. The third-order valence-corrected chi connectivity index (χ3v) is 4.27. The monoisotopic (exact) mass is 218 g/mol. The first-order valence-electron chi connectivity index (χ1n) is 6.89. The number of hydrogen-bond acceptors (Lipinski definition) is 1. The van der Waals surface area contributed by atoms with Gasteiger partial charge in [0.15, 0.2) is 0 Å². The van der Waals surface area contributed by atoms with E-state index in [9.17, 15) is 0 Å². The van der Waals surface area contributed by atoms with Crippen LogP contribution >= 0.6 is 0 Å². The Morgan fingerprint density at radius 1 is 1.19 bits per heavy atom. The van der Waals surface area contributed by atoms with Crippen LogP contribution < -0.4 is 0 Å². The maximum Gasteiger partial charge on any atom is 0.108 e. The SMILES string of the molecule is CC1CCc2nc(C3CCCCC3)cn2C1. The molecule has 16 heavy (non-hydrogen) atoms. The van der Waals surface area contributed by atoms with Crippen molar-refractivity contribution in [3.05, 3.63) is 17.7 Å². The minimum atomic E-state index is 0.766. The van der Waals surface area contributed by atoms with Crippen molar-refractivity contribution in [2.75, 3.05) is 0 Å². The van der Waals surface area contributed by atoms with Gasteiger partial charge in [0.2, 0.25) is 0 Å². The van der Waals surface area contributed by atoms with Crippen molar-refractivity contribution in [1.82, 2.24) is 9.55 Å².